The van der Waals surface area contributed by atoms with E-state index >= 15 is 0 Å². The van der Waals surface area contributed by atoms with Crippen LogP contribution in [0.4, 0.5) is 0 Å². The number of aldehydes is 1. The Labute approximate surface area is 284 Å². The fraction of sp³-hybridized carbons (Fsp3) is 0.658. The minimum absolute atomic E-state index is 0.0297. The average molecular weight is 689 g/mol. The molecule has 0 unspecified atom stereocenters. The molecule has 0 bridgehead atoms. The van der Waals surface area contributed by atoms with Crippen LogP contribution in [0.2, 0.25) is 33.2 Å². The van der Waals surface area contributed by atoms with E-state index in [4.69, 9.17) is 8.85 Å². The van der Waals surface area contributed by atoms with Gasteiger partial charge in [0.15, 0.2) is 9.84 Å². The standard InChI is InChI=1S/C38H64O5SSi2/c1-14-15-19-34(22-23-44(40,41)35-20-17-16-18-21-35)38-36(42-45(27(2)3,28(4)5)29(6)7)24-33(26-39)25-37(38)43-46(30(8)9,31(10)11)32(12)13/h16-18,20-21,24-32,34H,14-15,19,22-23H2,1-13H3/t34-/m0/s1. The molecule has 0 saturated heterocycles. The number of sulfone groups is 1. The summed E-state index contributed by atoms with van der Waals surface area (Å²) in [5.74, 6) is 1.36. The van der Waals surface area contributed by atoms with Crippen LogP contribution >= 0.6 is 0 Å². The van der Waals surface area contributed by atoms with Crippen molar-refractivity contribution in [3.8, 4) is 11.5 Å². The Balaban J connectivity index is 2.98. The highest BCUT2D eigenvalue weighted by molar-refractivity contribution is 7.91. The van der Waals surface area contributed by atoms with Gasteiger partial charge in [-0.2, -0.15) is 0 Å². The highest BCUT2D eigenvalue weighted by atomic mass is 32.2. The molecule has 0 spiro atoms. The van der Waals surface area contributed by atoms with E-state index in [1.807, 2.05) is 18.2 Å². The van der Waals surface area contributed by atoms with Crippen LogP contribution in [0.15, 0.2) is 47.4 Å². The molecule has 2 aromatic carbocycles. The molecule has 8 heteroatoms. The molecule has 0 saturated carbocycles. The maximum Gasteiger partial charge on any atom is 0.258 e. The molecule has 2 rings (SSSR count). The van der Waals surface area contributed by atoms with Gasteiger partial charge in [-0.15, -0.1) is 0 Å². The quantitative estimate of drug-likeness (QED) is 0.108. The fourth-order valence-corrected chi connectivity index (χ4v) is 20.2. The first kappa shape index (κ1) is 40.3. The van der Waals surface area contributed by atoms with Crippen LogP contribution in [-0.4, -0.2) is 37.1 Å². The van der Waals surface area contributed by atoms with Crippen molar-refractivity contribution in [3.63, 3.8) is 0 Å². The topological polar surface area (TPSA) is 69.7 Å². The van der Waals surface area contributed by atoms with Crippen molar-refractivity contribution in [2.75, 3.05) is 5.75 Å². The van der Waals surface area contributed by atoms with E-state index in [9.17, 15) is 13.2 Å². The first-order valence-electron chi connectivity index (χ1n) is 17.7. The molecule has 0 aromatic heterocycles. The lowest BCUT2D eigenvalue weighted by Gasteiger charge is -2.45. The van der Waals surface area contributed by atoms with Crippen LogP contribution in [0.1, 0.15) is 138 Å². The lowest BCUT2D eigenvalue weighted by Crippen LogP contribution is -2.51. The van der Waals surface area contributed by atoms with Crippen molar-refractivity contribution >= 4 is 32.8 Å². The smallest absolute Gasteiger partial charge is 0.258 e. The van der Waals surface area contributed by atoms with Gasteiger partial charge in [0.1, 0.15) is 17.8 Å². The SMILES string of the molecule is CCCC[C@@H](CCS(=O)(=O)c1ccccc1)c1c(O[Si](C(C)C)(C(C)C)C(C)C)cc(C=O)cc1O[Si](C(C)C)(C(C)C)C(C)C. The molecule has 0 aliphatic rings. The van der Waals surface area contributed by atoms with Gasteiger partial charge in [0.05, 0.1) is 10.6 Å². The van der Waals surface area contributed by atoms with Crippen molar-refractivity contribution in [3.05, 3.63) is 53.6 Å². The normalized spacial score (nSPS) is 13.8. The van der Waals surface area contributed by atoms with Crippen LogP contribution in [0.3, 0.4) is 0 Å². The van der Waals surface area contributed by atoms with Gasteiger partial charge in [-0.1, -0.05) is 121 Å². The number of hydrogen-bond acceptors (Lipinski definition) is 5. The third-order valence-electron chi connectivity index (χ3n) is 10.4. The van der Waals surface area contributed by atoms with Crippen LogP contribution < -0.4 is 8.85 Å². The van der Waals surface area contributed by atoms with E-state index in [1.165, 1.54) is 0 Å². The Kier molecular flexibility index (Phi) is 14.8. The lowest BCUT2D eigenvalue weighted by molar-refractivity contribution is 0.112. The molecule has 0 fully saturated rings. The van der Waals surface area contributed by atoms with Crippen molar-refractivity contribution in [1.29, 1.82) is 0 Å². The number of benzene rings is 2. The molecule has 2 aromatic rings. The summed E-state index contributed by atoms with van der Waals surface area (Å²) >= 11 is 0. The second kappa shape index (κ2) is 17.0. The van der Waals surface area contributed by atoms with E-state index < -0.39 is 26.5 Å². The van der Waals surface area contributed by atoms with Crippen molar-refractivity contribution in [1.82, 2.24) is 0 Å². The molecule has 0 radical (unpaired) electrons. The second-order valence-electron chi connectivity index (χ2n) is 15.1. The van der Waals surface area contributed by atoms with E-state index in [1.54, 1.807) is 24.3 Å². The predicted molar refractivity (Wildman–Crippen MR) is 201 cm³/mol. The van der Waals surface area contributed by atoms with E-state index in [0.29, 0.717) is 50.1 Å². The molecule has 5 nitrogen and oxygen atoms in total. The zero-order valence-electron chi connectivity index (χ0n) is 31.1. The Bertz CT molecular complexity index is 1250. The fourth-order valence-electron chi connectivity index (χ4n) is 8.28. The van der Waals surface area contributed by atoms with Crippen molar-refractivity contribution in [2.24, 2.45) is 0 Å². The van der Waals surface area contributed by atoms with Gasteiger partial charge in [-0.25, -0.2) is 8.42 Å². The predicted octanol–water partition coefficient (Wildman–Crippen LogP) is 11.7. The van der Waals surface area contributed by atoms with E-state index in [-0.39, 0.29) is 11.7 Å². The van der Waals surface area contributed by atoms with Crippen molar-refractivity contribution in [2.45, 2.75) is 160 Å². The molecular formula is C38H64O5SSi2. The first-order valence-corrected chi connectivity index (χ1v) is 23.6. The van der Waals surface area contributed by atoms with Gasteiger partial charge in [-0.3, -0.25) is 4.79 Å². The Morgan fingerprint density at radius 2 is 1.09 bits per heavy atom. The summed E-state index contributed by atoms with van der Waals surface area (Å²) in [6, 6.07) is 12.6. The third-order valence-corrected chi connectivity index (χ3v) is 24.1. The van der Waals surface area contributed by atoms with Gasteiger partial charge in [0, 0.05) is 11.1 Å². The highest BCUT2D eigenvalue weighted by Gasteiger charge is 2.50. The zero-order chi connectivity index (χ0) is 35.0. The van der Waals surface area contributed by atoms with Crippen LogP contribution in [-0.2, 0) is 9.84 Å². The minimum atomic E-state index is -3.50. The Hall–Kier alpha value is -1.91. The number of hydrogen-bond donors (Lipinski definition) is 0. The van der Waals surface area contributed by atoms with Gasteiger partial charge < -0.3 is 8.85 Å². The summed E-state index contributed by atoms with van der Waals surface area (Å²) in [4.78, 5) is 12.9. The van der Waals surface area contributed by atoms with Gasteiger partial charge >= 0.3 is 0 Å². The third kappa shape index (κ3) is 8.76. The van der Waals surface area contributed by atoms with Gasteiger partial charge in [-0.05, 0) is 76.3 Å². The summed E-state index contributed by atoms with van der Waals surface area (Å²) in [7, 11) is -8.40. The number of rotatable bonds is 19. The van der Waals surface area contributed by atoms with Crippen LogP contribution in [0.5, 0.6) is 11.5 Å². The monoisotopic (exact) mass is 688 g/mol. The minimum Gasteiger partial charge on any atom is -0.542 e. The van der Waals surface area contributed by atoms with E-state index in [0.717, 1.165) is 42.6 Å². The summed E-state index contributed by atoms with van der Waals surface area (Å²) in [6.45, 7) is 29.4. The summed E-state index contributed by atoms with van der Waals surface area (Å²) in [5.41, 5.74) is 3.46. The molecule has 0 aliphatic heterocycles. The maximum absolute atomic E-state index is 13.6. The Morgan fingerprint density at radius 3 is 1.43 bits per heavy atom. The highest BCUT2D eigenvalue weighted by Crippen LogP contribution is 2.50. The average Bonchev–Trinajstić information content (AvgIpc) is 2.98. The number of unbranched alkanes of at least 4 members (excludes halogenated alkanes) is 1. The molecule has 0 N–H and O–H groups in total. The largest absolute Gasteiger partial charge is 0.542 e. The van der Waals surface area contributed by atoms with Crippen molar-refractivity contribution < 1.29 is 22.1 Å². The summed E-state index contributed by atoms with van der Waals surface area (Å²) in [6.07, 6.45) is 4.10. The lowest BCUT2D eigenvalue weighted by atomic mass is 9.89. The molecule has 0 heterocycles. The molecule has 0 aliphatic carbocycles. The summed E-state index contributed by atoms with van der Waals surface area (Å²) < 4.78 is 42.1. The van der Waals surface area contributed by atoms with E-state index in [2.05, 4.69) is 90.0 Å². The maximum atomic E-state index is 13.6. The van der Waals surface area contributed by atoms with Gasteiger partial charge in [0.2, 0.25) is 0 Å². The zero-order valence-corrected chi connectivity index (χ0v) is 34.0. The molecule has 260 valence electrons. The van der Waals surface area contributed by atoms with Crippen LogP contribution in [0, 0.1) is 0 Å². The second-order valence-corrected chi connectivity index (χ2v) is 28.0. The number of carbonyl (C=O) groups excluding carboxylic acids is 1. The molecule has 46 heavy (non-hydrogen) atoms. The van der Waals surface area contributed by atoms with Gasteiger partial charge in [0.25, 0.3) is 16.6 Å². The van der Waals surface area contributed by atoms with Crippen LogP contribution in [0.25, 0.3) is 0 Å². The first-order chi connectivity index (χ1) is 21.4. The molecule has 0 amide bonds. The molecule has 1 atom stereocenters. The summed E-state index contributed by atoms with van der Waals surface area (Å²) in [5, 5.41) is 0. The number of carbonyl (C=O) groups is 1. The molecular weight excluding hydrogens is 625 g/mol. The Morgan fingerprint density at radius 1 is 0.674 bits per heavy atom.